The summed E-state index contributed by atoms with van der Waals surface area (Å²) in [6, 6.07) is 9.59. The van der Waals surface area contributed by atoms with Gasteiger partial charge in [-0.25, -0.2) is 4.98 Å². The van der Waals surface area contributed by atoms with Crippen LogP contribution < -0.4 is 5.30 Å². The lowest BCUT2D eigenvalue weighted by molar-refractivity contribution is 0.487. The summed E-state index contributed by atoms with van der Waals surface area (Å²) in [4.78, 5) is 4.46. The predicted octanol–water partition coefficient (Wildman–Crippen LogP) is 6.26. The van der Waals surface area contributed by atoms with E-state index in [2.05, 4.69) is 47.7 Å². The third-order valence-electron chi connectivity index (χ3n) is 6.61. The Hall–Kier alpha value is -1.14. The number of rotatable bonds is 4. The first kappa shape index (κ1) is 18.2. The SMILES string of the molecule is Cc1ncn(-c2ccc(P(C3CCCCC3)C3CCCCC3)cc2)c1C. The molecular formula is C23H33N2P. The molecule has 2 aliphatic rings. The molecule has 26 heavy (non-hydrogen) atoms. The van der Waals surface area contributed by atoms with E-state index in [1.165, 1.54) is 75.6 Å². The Balaban J connectivity index is 1.61. The highest BCUT2D eigenvalue weighted by atomic mass is 31.1. The van der Waals surface area contributed by atoms with Gasteiger partial charge in [0.2, 0.25) is 0 Å². The third-order valence-corrected chi connectivity index (χ3v) is 10.1. The molecule has 4 rings (SSSR count). The van der Waals surface area contributed by atoms with Gasteiger partial charge in [0.15, 0.2) is 0 Å². The van der Waals surface area contributed by atoms with E-state index in [9.17, 15) is 0 Å². The Morgan fingerprint density at radius 2 is 1.35 bits per heavy atom. The van der Waals surface area contributed by atoms with Gasteiger partial charge in [-0.05, 0) is 68.3 Å². The van der Waals surface area contributed by atoms with Crippen molar-refractivity contribution in [3.8, 4) is 5.69 Å². The maximum absolute atomic E-state index is 4.46. The zero-order valence-electron chi connectivity index (χ0n) is 16.5. The van der Waals surface area contributed by atoms with E-state index < -0.39 is 0 Å². The van der Waals surface area contributed by atoms with E-state index in [0.29, 0.717) is 0 Å². The van der Waals surface area contributed by atoms with Crippen LogP contribution in [0.1, 0.15) is 75.6 Å². The summed E-state index contributed by atoms with van der Waals surface area (Å²) < 4.78 is 2.22. The van der Waals surface area contributed by atoms with Gasteiger partial charge < -0.3 is 4.57 Å². The van der Waals surface area contributed by atoms with Crippen LogP contribution >= 0.6 is 7.92 Å². The first-order chi connectivity index (χ1) is 12.7. The average Bonchev–Trinajstić information content (AvgIpc) is 3.03. The molecule has 0 spiro atoms. The van der Waals surface area contributed by atoms with E-state index in [1.54, 1.807) is 5.30 Å². The van der Waals surface area contributed by atoms with E-state index in [4.69, 9.17) is 0 Å². The van der Waals surface area contributed by atoms with Crippen molar-refractivity contribution < 1.29 is 0 Å². The van der Waals surface area contributed by atoms with Crippen LogP contribution in [-0.2, 0) is 0 Å². The van der Waals surface area contributed by atoms with Crippen molar-refractivity contribution in [3.63, 3.8) is 0 Å². The summed E-state index contributed by atoms with van der Waals surface area (Å²) in [5.41, 5.74) is 5.59. The summed E-state index contributed by atoms with van der Waals surface area (Å²) in [6.07, 6.45) is 16.6. The molecule has 1 aromatic heterocycles. The Morgan fingerprint density at radius 3 is 1.81 bits per heavy atom. The maximum atomic E-state index is 4.46. The second kappa shape index (κ2) is 8.26. The van der Waals surface area contributed by atoms with Gasteiger partial charge in [0, 0.05) is 11.4 Å². The topological polar surface area (TPSA) is 17.8 Å². The van der Waals surface area contributed by atoms with Crippen LogP contribution in [-0.4, -0.2) is 20.9 Å². The number of nitrogens with zero attached hydrogens (tertiary/aromatic N) is 2. The minimum Gasteiger partial charge on any atom is -0.303 e. The lowest BCUT2D eigenvalue weighted by Gasteiger charge is -2.38. The molecule has 1 heterocycles. The lowest BCUT2D eigenvalue weighted by atomic mass is 9.99. The van der Waals surface area contributed by atoms with Crippen molar-refractivity contribution >= 4 is 13.2 Å². The van der Waals surface area contributed by atoms with Gasteiger partial charge in [-0.1, -0.05) is 58.6 Å². The lowest BCUT2D eigenvalue weighted by Crippen LogP contribution is -2.26. The van der Waals surface area contributed by atoms with E-state index in [0.717, 1.165) is 17.0 Å². The molecule has 2 nitrogen and oxygen atoms in total. The molecular weight excluding hydrogens is 335 g/mol. The highest BCUT2D eigenvalue weighted by Gasteiger charge is 2.32. The minimum atomic E-state index is -0.000726. The van der Waals surface area contributed by atoms with Gasteiger partial charge in [-0.3, -0.25) is 0 Å². The molecule has 2 saturated carbocycles. The molecule has 140 valence electrons. The molecule has 0 saturated heterocycles. The first-order valence-corrected chi connectivity index (χ1v) is 12.1. The molecule has 0 aliphatic heterocycles. The van der Waals surface area contributed by atoms with E-state index >= 15 is 0 Å². The third kappa shape index (κ3) is 3.77. The summed E-state index contributed by atoms with van der Waals surface area (Å²) >= 11 is 0. The normalized spacial score (nSPS) is 20.0. The molecule has 2 aliphatic carbocycles. The van der Waals surface area contributed by atoms with Crippen LogP contribution in [0.25, 0.3) is 5.69 Å². The maximum Gasteiger partial charge on any atom is 0.0997 e. The molecule has 1 aromatic carbocycles. The van der Waals surface area contributed by atoms with Crippen molar-refractivity contribution in [2.45, 2.75) is 89.4 Å². The summed E-state index contributed by atoms with van der Waals surface area (Å²) in [5, 5.41) is 1.66. The molecule has 0 bridgehead atoms. The minimum absolute atomic E-state index is 0.000726. The number of benzene rings is 1. The number of aryl methyl sites for hydroxylation is 1. The van der Waals surface area contributed by atoms with Crippen LogP contribution in [0.3, 0.4) is 0 Å². The number of imidazole rings is 1. The van der Waals surface area contributed by atoms with Crippen LogP contribution in [0, 0.1) is 13.8 Å². The zero-order valence-corrected chi connectivity index (χ0v) is 17.3. The highest BCUT2D eigenvalue weighted by molar-refractivity contribution is 7.67. The Morgan fingerprint density at radius 1 is 0.808 bits per heavy atom. The van der Waals surface area contributed by atoms with Gasteiger partial charge in [0.25, 0.3) is 0 Å². The van der Waals surface area contributed by atoms with Crippen molar-refractivity contribution in [2.24, 2.45) is 0 Å². The largest absolute Gasteiger partial charge is 0.303 e. The van der Waals surface area contributed by atoms with Gasteiger partial charge in [0.1, 0.15) is 0 Å². The number of hydrogen-bond acceptors (Lipinski definition) is 1. The molecule has 0 atom stereocenters. The average molecular weight is 369 g/mol. The quantitative estimate of drug-likeness (QED) is 0.582. The van der Waals surface area contributed by atoms with E-state index in [-0.39, 0.29) is 7.92 Å². The highest BCUT2D eigenvalue weighted by Crippen LogP contribution is 2.54. The zero-order chi connectivity index (χ0) is 17.9. The fraction of sp³-hybridized carbons (Fsp3) is 0.609. The van der Waals surface area contributed by atoms with Gasteiger partial charge in [0.05, 0.1) is 12.0 Å². The smallest absolute Gasteiger partial charge is 0.0997 e. The van der Waals surface area contributed by atoms with E-state index in [1.807, 2.05) is 6.33 Å². The van der Waals surface area contributed by atoms with Crippen molar-refractivity contribution in [2.75, 3.05) is 0 Å². The van der Waals surface area contributed by atoms with Gasteiger partial charge in [-0.2, -0.15) is 0 Å². The number of aromatic nitrogens is 2. The van der Waals surface area contributed by atoms with Crippen LogP contribution in [0.15, 0.2) is 30.6 Å². The predicted molar refractivity (Wildman–Crippen MR) is 113 cm³/mol. The molecule has 2 aromatic rings. The van der Waals surface area contributed by atoms with Crippen molar-refractivity contribution in [3.05, 3.63) is 42.0 Å². The summed E-state index contributed by atoms with van der Waals surface area (Å²) in [7, 11) is -0.000726. The van der Waals surface area contributed by atoms with Crippen LogP contribution in [0.4, 0.5) is 0 Å². The van der Waals surface area contributed by atoms with Gasteiger partial charge >= 0.3 is 0 Å². The van der Waals surface area contributed by atoms with Crippen molar-refractivity contribution in [1.29, 1.82) is 0 Å². The second-order valence-corrected chi connectivity index (χ2v) is 11.1. The molecule has 3 heteroatoms. The van der Waals surface area contributed by atoms with Crippen molar-refractivity contribution in [1.82, 2.24) is 9.55 Å². The van der Waals surface area contributed by atoms with Crippen LogP contribution in [0.5, 0.6) is 0 Å². The Labute approximate surface area is 160 Å². The summed E-state index contributed by atoms with van der Waals surface area (Å²) in [5.74, 6) is 0. The molecule has 0 N–H and O–H groups in total. The monoisotopic (exact) mass is 368 g/mol. The van der Waals surface area contributed by atoms with Crippen LogP contribution in [0.2, 0.25) is 0 Å². The number of hydrogen-bond donors (Lipinski definition) is 0. The Kier molecular flexibility index (Phi) is 5.79. The fourth-order valence-electron chi connectivity index (χ4n) is 4.98. The standard InChI is InChI=1S/C23H33N2P/c1-18-19(2)25(17-24-18)20-13-15-23(16-14-20)26(21-9-5-3-6-10-21)22-11-7-4-8-12-22/h13-17,21-22H,3-12H2,1-2H3. The summed E-state index contributed by atoms with van der Waals surface area (Å²) in [6.45, 7) is 4.25. The Bertz CT molecular complexity index is 688. The van der Waals surface area contributed by atoms with Gasteiger partial charge in [-0.15, -0.1) is 0 Å². The molecule has 0 amide bonds. The first-order valence-electron chi connectivity index (χ1n) is 10.6. The second-order valence-electron chi connectivity index (χ2n) is 8.29. The molecule has 0 radical (unpaired) electrons. The molecule has 0 unspecified atom stereocenters. The molecule has 2 fully saturated rings. The fourth-order valence-corrected chi connectivity index (χ4v) is 8.76.